The van der Waals surface area contributed by atoms with Gasteiger partial charge >= 0.3 is 0 Å². The summed E-state index contributed by atoms with van der Waals surface area (Å²) in [6, 6.07) is 9.96. The first kappa shape index (κ1) is 18.9. The number of hydrogen-bond acceptors (Lipinski definition) is 7. The Morgan fingerprint density at radius 2 is 2.03 bits per heavy atom. The quantitative estimate of drug-likeness (QED) is 0.748. The highest BCUT2D eigenvalue weighted by Gasteiger charge is 2.37. The lowest BCUT2D eigenvalue weighted by molar-refractivity contribution is -0.125. The third kappa shape index (κ3) is 3.27. The predicted octanol–water partition coefficient (Wildman–Crippen LogP) is 1.55. The molecule has 2 N–H and O–H groups in total. The number of aromatic nitrogens is 2. The molecule has 8 heteroatoms. The van der Waals surface area contributed by atoms with Crippen LogP contribution in [0.1, 0.15) is 6.42 Å². The number of benzene rings is 1. The number of phenols is 1. The number of carbonyl (C=O) groups excluding carboxylic acids is 1. The monoisotopic (exact) mass is 406 g/mol. The Balaban J connectivity index is 1.33. The molecular weight excluding hydrogens is 380 g/mol. The van der Waals surface area contributed by atoms with Gasteiger partial charge in [0.15, 0.2) is 5.82 Å². The van der Waals surface area contributed by atoms with Crippen LogP contribution in [0.25, 0.3) is 11.3 Å². The van der Waals surface area contributed by atoms with Gasteiger partial charge in [0.1, 0.15) is 5.75 Å². The van der Waals surface area contributed by atoms with E-state index in [0.29, 0.717) is 23.3 Å². The first-order valence-electron chi connectivity index (χ1n) is 10.5. The van der Waals surface area contributed by atoms with Gasteiger partial charge in [-0.1, -0.05) is 18.7 Å². The predicted molar refractivity (Wildman–Crippen MR) is 116 cm³/mol. The Kier molecular flexibility index (Phi) is 4.78. The number of rotatable bonds is 3. The van der Waals surface area contributed by atoms with Gasteiger partial charge in [0, 0.05) is 50.9 Å². The second kappa shape index (κ2) is 7.60. The van der Waals surface area contributed by atoms with E-state index in [-0.39, 0.29) is 11.7 Å². The molecule has 0 radical (unpaired) electrons. The molecule has 1 unspecified atom stereocenters. The Labute approximate surface area is 175 Å². The van der Waals surface area contributed by atoms with Gasteiger partial charge in [-0.2, -0.15) is 0 Å². The molecule has 1 amide bonds. The molecule has 0 spiro atoms. The summed E-state index contributed by atoms with van der Waals surface area (Å²) < 4.78 is 0. The fourth-order valence-electron chi connectivity index (χ4n) is 4.83. The van der Waals surface area contributed by atoms with Crippen LogP contribution in [0.5, 0.6) is 5.75 Å². The van der Waals surface area contributed by atoms with Crippen LogP contribution in [0.3, 0.4) is 0 Å². The van der Waals surface area contributed by atoms with Gasteiger partial charge < -0.3 is 20.2 Å². The number of likely N-dealkylation sites (tertiary alicyclic amines) is 1. The summed E-state index contributed by atoms with van der Waals surface area (Å²) in [5.74, 6) is 1.03. The van der Waals surface area contributed by atoms with E-state index in [4.69, 9.17) is 0 Å². The van der Waals surface area contributed by atoms with Crippen molar-refractivity contribution in [2.45, 2.75) is 18.5 Å². The van der Waals surface area contributed by atoms with Crippen molar-refractivity contribution in [3.05, 3.63) is 43.0 Å². The fraction of sp³-hybridized carbons (Fsp3) is 0.409. The lowest BCUT2D eigenvalue weighted by atomic mass is 10.0. The van der Waals surface area contributed by atoms with Crippen LogP contribution in [-0.2, 0) is 4.79 Å². The molecule has 2 atom stereocenters. The highest BCUT2D eigenvalue weighted by atomic mass is 16.3. The van der Waals surface area contributed by atoms with E-state index in [1.54, 1.807) is 12.1 Å². The van der Waals surface area contributed by atoms with E-state index in [2.05, 4.69) is 31.9 Å². The third-order valence-electron chi connectivity index (χ3n) is 6.45. The number of nitrogens with zero attached hydrogens (tertiary/aromatic N) is 5. The number of aromatic hydroxyl groups is 1. The summed E-state index contributed by atoms with van der Waals surface area (Å²) in [5.41, 5.74) is 2.40. The number of carbonyl (C=O) groups is 1. The van der Waals surface area contributed by atoms with Crippen molar-refractivity contribution in [2.75, 3.05) is 49.5 Å². The molecule has 1 aromatic heterocycles. The number of amides is 1. The van der Waals surface area contributed by atoms with Crippen LogP contribution in [0, 0.1) is 0 Å². The van der Waals surface area contributed by atoms with Gasteiger partial charge in [-0.05, 0) is 30.7 Å². The SMILES string of the molecule is C=CC(=O)N1CCC(N2CCN3c4cc(-c5ccccc5O)nnc4NC[C@H]3C2)C1. The molecule has 0 aliphatic carbocycles. The largest absolute Gasteiger partial charge is 0.507 e. The molecule has 0 bridgehead atoms. The maximum Gasteiger partial charge on any atom is 0.246 e. The minimum atomic E-state index is 0.0275. The smallest absolute Gasteiger partial charge is 0.246 e. The molecule has 3 aliphatic heterocycles. The van der Waals surface area contributed by atoms with Crippen molar-refractivity contribution in [3.63, 3.8) is 0 Å². The van der Waals surface area contributed by atoms with Crippen LogP contribution in [-0.4, -0.2) is 82.4 Å². The molecule has 5 rings (SSSR count). The van der Waals surface area contributed by atoms with Crippen LogP contribution in [0.4, 0.5) is 11.5 Å². The number of fused-ring (bicyclic) bond motifs is 3. The summed E-state index contributed by atoms with van der Waals surface area (Å²) >= 11 is 0. The van der Waals surface area contributed by atoms with E-state index < -0.39 is 0 Å². The van der Waals surface area contributed by atoms with Gasteiger partial charge in [-0.3, -0.25) is 9.69 Å². The molecule has 1 aromatic carbocycles. The van der Waals surface area contributed by atoms with Crippen molar-refractivity contribution < 1.29 is 9.90 Å². The normalized spacial score (nSPS) is 23.5. The van der Waals surface area contributed by atoms with E-state index >= 15 is 0 Å². The van der Waals surface area contributed by atoms with Crippen LogP contribution in [0.15, 0.2) is 43.0 Å². The molecule has 2 saturated heterocycles. The second-order valence-electron chi connectivity index (χ2n) is 8.13. The van der Waals surface area contributed by atoms with Crippen molar-refractivity contribution in [1.82, 2.24) is 20.0 Å². The standard InChI is InChI=1S/C22H26N6O2/c1-2-21(30)27-8-7-15(13-27)26-9-10-28-16(14-26)12-23-22-19(28)11-18(24-25-22)17-5-3-4-6-20(17)29/h2-6,11,15-16,29H,1,7-10,12-14H2,(H,23,25)/t15?,16-/m0/s1. The molecule has 2 fully saturated rings. The van der Waals surface area contributed by atoms with Gasteiger partial charge in [0.2, 0.25) is 5.91 Å². The molecule has 30 heavy (non-hydrogen) atoms. The minimum Gasteiger partial charge on any atom is -0.507 e. The molecular formula is C22H26N6O2. The number of nitrogens with one attached hydrogen (secondary N) is 1. The number of anilines is 2. The lowest BCUT2D eigenvalue weighted by Gasteiger charge is -2.47. The van der Waals surface area contributed by atoms with Crippen LogP contribution in [0.2, 0.25) is 0 Å². The Morgan fingerprint density at radius 3 is 2.87 bits per heavy atom. The first-order chi connectivity index (χ1) is 14.6. The highest BCUT2D eigenvalue weighted by Crippen LogP contribution is 2.36. The summed E-state index contributed by atoms with van der Waals surface area (Å²) in [6.45, 7) is 8.81. The highest BCUT2D eigenvalue weighted by molar-refractivity contribution is 5.87. The maximum atomic E-state index is 11.9. The fourth-order valence-corrected chi connectivity index (χ4v) is 4.83. The minimum absolute atomic E-state index is 0.0275. The summed E-state index contributed by atoms with van der Waals surface area (Å²) in [7, 11) is 0. The maximum absolute atomic E-state index is 11.9. The molecule has 2 aromatic rings. The summed E-state index contributed by atoms with van der Waals surface area (Å²) in [6.07, 6.45) is 2.42. The summed E-state index contributed by atoms with van der Waals surface area (Å²) in [5, 5.41) is 22.3. The molecule has 8 nitrogen and oxygen atoms in total. The van der Waals surface area contributed by atoms with Crippen molar-refractivity contribution in [3.8, 4) is 17.0 Å². The Bertz CT molecular complexity index is 980. The van der Waals surface area contributed by atoms with Gasteiger partial charge in [0.25, 0.3) is 0 Å². The first-order valence-corrected chi connectivity index (χ1v) is 10.5. The number of para-hydroxylation sites is 1. The Morgan fingerprint density at radius 1 is 1.17 bits per heavy atom. The van der Waals surface area contributed by atoms with Crippen molar-refractivity contribution in [1.29, 1.82) is 0 Å². The van der Waals surface area contributed by atoms with Crippen molar-refractivity contribution >= 4 is 17.4 Å². The third-order valence-corrected chi connectivity index (χ3v) is 6.45. The van der Waals surface area contributed by atoms with Crippen LogP contribution < -0.4 is 10.2 Å². The van der Waals surface area contributed by atoms with Gasteiger partial charge in [-0.15, -0.1) is 10.2 Å². The number of piperazine rings is 1. The zero-order valence-corrected chi connectivity index (χ0v) is 16.9. The zero-order valence-electron chi connectivity index (χ0n) is 16.9. The second-order valence-corrected chi connectivity index (χ2v) is 8.13. The van der Waals surface area contributed by atoms with E-state index in [0.717, 1.165) is 57.2 Å². The van der Waals surface area contributed by atoms with E-state index in [9.17, 15) is 9.90 Å². The van der Waals surface area contributed by atoms with Crippen molar-refractivity contribution in [2.24, 2.45) is 0 Å². The zero-order chi connectivity index (χ0) is 20.7. The van der Waals surface area contributed by atoms with E-state index in [1.807, 2.05) is 23.1 Å². The average Bonchev–Trinajstić information content (AvgIpc) is 3.28. The average molecular weight is 406 g/mol. The number of phenolic OH excluding ortho intramolecular Hbond substituents is 1. The summed E-state index contributed by atoms with van der Waals surface area (Å²) in [4.78, 5) is 18.7. The molecule has 0 saturated carbocycles. The molecule has 156 valence electrons. The topological polar surface area (TPSA) is 84.8 Å². The molecule has 3 aliphatic rings. The van der Waals surface area contributed by atoms with Gasteiger partial charge in [0.05, 0.1) is 17.4 Å². The van der Waals surface area contributed by atoms with Gasteiger partial charge in [-0.25, -0.2) is 0 Å². The number of hydrogen-bond donors (Lipinski definition) is 2. The lowest BCUT2D eigenvalue weighted by Crippen LogP contribution is -2.60. The van der Waals surface area contributed by atoms with Crippen LogP contribution >= 0.6 is 0 Å². The van der Waals surface area contributed by atoms with E-state index in [1.165, 1.54) is 6.08 Å². The molecule has 4 heterocycles. The Hall–Kier alpha value is -3.13.